The molecule has 2 amide bonds. The SMILES string of the molecule is CCc1cc(C)cc(OC)c1C1=C(O)C2(CCC(OC)CC2)NC1=O.CCc1cc(C)cc(OC)c1C1=C(O)C2(CCC(OC)CC2)NC1=O.[Na+].[OH-]. The topological polar surface area (TPSA) is 166 Å². The van der Waals surface area contributed by atoms with Crippen molar-refractivity contribution in [2.75, 3.05) is 28.4 Å². The monoisotopic (exact) mass is 730 g/mol. The zero-order chi connectivity index (χ0) is 36.4. The fourth-order valence-electron chi connectivity index (χ4n) is 8.30. The predicted octanol–water partition coefficient (Wildman–Crippen LogP) is 3.41. The number of carbonyl (C=O) groups excluding carboxylic acids is 2. The molecule has 0 unspecified atom stereocenters. The molecule has 280 valence electrons. The standard InChI is InChI=1S/2C20H27NO4.Na.H2O/c2*1-5-13-10-12(2)11-15(25-4)16(13)17-18(22)20(21-19(17)23)8-6-14(24-3)7-9-20;;/h2*10-11,14,22H,5-9H2,1-4H3,(H,21,23);;1H2/q;;+1;/p-1. The van der Waals surface area contributed by atoms with E-state index in [0.717, 1.165) is 71.9 Å². The van der Waals surface area contributed by atoms with Crippen molar-refractivity contribution in [2.24, 2.45) is 0 Å². The van der Waals surface area contributed by atoms with E-state index in [2.05, 4.69) is 22.8 Å². The Morgan fingerprint density at radius 2 is 0.981 bits per heavy atom. The summed E-state index contributed by atoms with van der Waals surface area (Å²) < 4.78 is 21.9. The molecule has 11 nitrogen and oxygen atoms in total. The molecule has 2 spiro atoms. The molecule has 12 heteroatoms. The van der Waals surface area contributed by atoms with Crippen LogP contribution in [0.5, 0.6) is 11.5 Å². The van der Waals surface area contributed by atoms with Crippen molar-refractivity contribution in [1.82, 2.24) is 10.6 Å². The van der Waals surface area contributed by atoms with Crippen LogP contribution in [0.15, 0.2) is 35.8 Å². The molecule has 2 heterocycles. The Labute approximate surface area is 330 Å². The first-order valence-electron chi connectivity index (χ1n) is 17.8. The first-order valence-corrected chi connectivity index (χ1v) is 17.8. The van der Waals surface area contributed by atoms with E-state index in [1.807, 2.05) is 39.8 Å². The van der Waals surface area contributed by atoms with E-state index in [0.29, 0.717) is 48.3 Å². The van der Waals surface area contributed by atoms with Crippen molar-refractivity contribution in [3.63, 3.8) is 0 Å². The normalized spacial score (nSPS) is 25.2. The smallest absolute Gasteiger partial charge is 0.870 e. The van der Waals surface area contributed by atoms with E-state index >= 15 is 0 Å². The largest absolute Gasteiger partial charge is 1.00 e. The summed E-state index contributed by atoms with van der Waals surface area (Å²) >= 11 is 0. The van der Waals surface area contributed by atoms with Crippen LogP contribution in [0.2, 0.25) is 0 Å². The average molecular weight is 731 g/mol. The van der Waals surface area contributed by atoms with Gasteiger partial charge in [-0.15, -0.1) is 0 Å². The second-order valence-electron chi connectivity index (χ2n) is 14.1. The Morgan fingerprint density at radius 1 is 0.654 bits per heavy atom. The predicted molar refractivity (Wildman–Crippen MR) is 196 cm³/mol. The van der Waals surface area contributed by atoms with E-state index in [1.54, 1.807) is 28.4 Å². The minimum atomic E-state index is -0.664. The van der Waals surface area contributed by atoms with Crippen LogP contribution in [0, 0.1) is 13.8 Å². The van der Waals surface area contributed by atoms with Gasteiger partial charge in [0.25, 0.3) is 11.8 Å². The molecule has 6 rings (SSSR count). The Kier molecular flexibility index (Phi) is 14.9. The van der Waals surface area contributed by atoms with Crippen LogP contribution in [0.3, 0.4) is 0 Å². The van der Waals surface area contributed by atoms with Crippen molar-refractivity contribution >= 4 is 23.0 Å². The maximum absolute atomic E-state index is 12.8. The molecule has 0 atom stereocenters. The van der Waals surface area contributed by atoms with Crippen molar-refractivity contribution in [3.8, 4) is 11.5 Å². The van der Waals surface area contributed by atoms with Crippen molar-refractivity contribution in [1.29, 1.82) is 0 Å². The summed E-state index contributed by atoms with van der Waals surface area (Å²) in [6.45, 7) is 8.09. The van der Waals surface area contributed by atoms with Gasteiger partial charge in [0.05, 0.1) is 48.7 Å². The first kappa shape index (κ1) is 43.3. The van der Waals surface area contributed by atoms with Crippen LogP contribution in [0.4, 0.5) is 0 Å². The molecule has 52 heavy (non-hydrogen) atoms. The molecule has 2 saturated carbocycles. The zero-order valence-corrected chi connectivity index (χ0v) is 34.3. The van der Waals surface area contributed by atoms with E-state index in [9.17, 15) is 19.8 Å². The number of ether oxygens (including phenoxy) is 4. The molecule has 0 radical (unpaired) electrons. The second-order valence-corrected chi connectivity index (χ2v) is 14.1. The van der Waals surface area contributed by atoms with E-state index < -0.39 is 11.1 Å². The van der Waals surface area contributed by atoms with Gasteiger partial charge >= 0.3 is 29.6 Å². The van der Waals surface area contributed by atoms with E-state index in [4.69, 9.17) is 18.9 Å². The van der Waals surface area contributed by atoms with Crippen molar-refractivity contribution in [2.45, 2.75) is 115 Å². The summed E-state index contributed by atoms with van der Waals surface area (Å²) in [6.07, 6.45) is 7.92. The van der Waals surface area contributed by atoms with Crippen LogP contribution in [0.1, 0.15) is 98.6 Å². The van der Waals surface area contributed by atoms with Gasteiger partial charge in [-0.05, 0) is 112 Å². The summed E-state index contributed by atoms with van der Waals surface area (Å²) in [7, 11) is 6.62. The Hall–Kier alpha value is -3.06. The van der Waals surface area contributed by atoms with Crippen molar-refractivity contribution in [3.05, 3.63) is 69.2 Å². The number of rotatable bonds is 8. The molecular weight excluding hydrogens is 675 g/mol. The summed E-state index contributed by atoms with van der Waals surface area (Å²) in [5.74, 6) is 1.15. The number of methoxy groups -OCH3 is 4. The number of aliphatic hydroxyl groups is 2. The van der Waals surface area contributed by atoms with Gasteiger partial charge in [0.2, 0.25) is 0 Å². The van der Waals surface area contributed by atoms with Crippen LogP contribution in [0.25, 0.3) is 11.1 Å². The third-order valence-electron chi connectivity index (χ3n) is 11.1. The van der Waals surface area contributed by atoms with E-state index in [1.165, 1.54) is 0 Å². The minimum Gasteiger partial charge on any atom is -0.870 e. The number of hydrogen-bond donors (Lipinski definition) is 4. The number of amides is 2. The Balaban J connectivity index is 0.000000270. The number of aryl methyl sites for hydroxylation is 4. The van der Waals surface area contributed by atoms with Gasteiger partial charge in [-0.25, -0.2) is 0 Å². The third kappa shape index (κ3) is 8.05. The Morgan fingerprint density at radius 3 is 1.25 bits per heavy atom. The quantitative estimate of drug-likeness (QED) is 0.298. The molecule has 2 aromatic carbocycles. The van der Waals surface area contributed by atoms with Gasteiger partial charge in [0.15, 0.2) is 0 Å². The zero-order valence-electron chi connectivity index (χ0n) is 32.3. The van der Waals surface area contributed by atoms with Crippen LogP contribution in [-0.4, -0.2) is 79.2 Å². The maximum atomic E-state index is 12.8. The molecule has 4 aliphatic rings. The number of hydrogen-bond acceptors (Lipinski definition) is 9. The molecule has 2 fully saturated rings. The van der Waals surface area contributed by atoms with Gasteiger partial charge in [0.1, 0.15) is 23.0 Å². The third-order valence-corrected chi connectivity index (χ3v) is 11.1. The molecule has 0 aromatic heterocycles. The van der Waals surface area contributed by atoms with Gasteiger partial charge in [0, 0.05) is 25.3 Å². The molecule has 0 saturated heterocycles. The fraction of sp³-hybridized carbons (Fsp3) is 0.550. The summed E-state index contributed by atoms with van der Waals surface area (Å²) in [5, 5.41) is 28.2. The van der Waals surface area contributed by atoms with Gasteiger partial charge in [-0.3, -0.25) is 9.59 Å². The maximum Gasteiger partial charge on any atom is 1.00 e. The first-order chi connectivity index (χ1) is 23.9. The van der Waals surface area contributed by atoms with Crippen LogP contribution in [-0.2, 0) is 31.9 Å². The summed E-state index contributed by atoms with van der Waals surface area (Å²) in [4.78, 5) is 25.6. The van der Waals surface area contributed by atoms with E-state index in [-0.39, 0.29) is 70.6 Å². The number of aliphatic hydroxyl groups excluding tert-OH is 2. The molecule has 2 aliphatic heterocycles. The van der Waals surface area contributed by atoms with Crippen LogP contribution >= 0.6 is 0 Å². The van der Waals surface area contributed by atoms with Gasteiger partial charge in [-0.2, -0.15) is 0 Å². The summed E-state index contributed by atoms with van der Waals surface area (Å²) in [5.41, 5.74) is 5.01. The van der Waals surface area contributed by atoms with Gasteiger partial charge < -0.3 is 45.3 Å². The molecular formula is C40H55N2NaO9. The average Bonchev–Trinajstić information content (AvgIpc) is 3.50. The van der Waals surface area contributed by atoms with Gasteiger partial charge in [-0.1, -0.05) is 26.0 Å². The van der Waals surface area contributed by atoms with Crippen LogP contribution < -0.4 is 49.7 Å². The Bertz CT molecular complexity index is 1510. The summed E-state index contributed by atoms with van der Waals surface area (Å²) in [6, 6.07) is 7.93. The number of nitrogens with one attached hydrogen (secondary N) is 2. The minimum absolute atomic E-state index is 0. The molecule has 2 aliphatic carbocycles. The molecule has 5 N–H and O–H groups in total. The fourth-order valence-corrected chi connectivity index (χ4v) is 8.30. The van der Waals surface area contributed by atoms with Crippen molar-refractivity contribution < 1.29 is 73.8 Å². The second kappa shape index (κ2) is 17.8. The molecule has 0 bridgehead atoms. The molecule has 2 aromatic rings. The number of carbonyl (C=O) groups is 2. The number of benzene rings is 2.